The zero-order valence-electron chi connectivity index (χ0n) is 12.5. The van der Waals surface area contributed by atoms with Crippen LogP contribution in [0, 0.1) is 11.8 Å². The summed E-state index contributed by atoms with van der Waals surface area (Å²) < 4.78 is 26.6. The van der Waals surface area contributed by atoms with Gasteiger partial charge in [0, 0.05) is 13.0 Å². The van der Waals surface area contributed by atoms with Crippen molar-refractivity contribution in [3.8, 4) is 0 Å². The predicted octanol–water partition coefficient (Wildman–Crippen LogP) is 2.24. The fourth-order valence-electron chi connectivity index (χ4n) is 2.24. The van der Waals surface area contributed by atoms with Crippen molar-refractivity contribution < 1.29 is 18.3 Å². The molecule has 5 nitrogen and oxygen atoms in total. The Balaban J connectivity index is 2.58. The Labute approximate surface area is 126 Å². The lowest BCUT2D eigenvalue weighted by atomic mass is 9.94. The summed E-state index contributed by atoms with van der Waals surface area (Å²) in [6.45, 7) is 4.15. The summed E-state index contributed by atoms with van der Waals surface area (Å²) in [4.78, 5) is 10.8. The number of hydrogen-bond acceptors (Lipinski definition) is 3. The van der Waals surface area contributed by atoms with E-state index in [1.807, 2.05) is 19.9 Å². The van der Waals surface area contributed by atoms with E-state index in [2.05, 4.69) is 4.72 Å². The van der Waals surface area contributed by atoms with Crippen LogP contribution in [-0.4, -0.2) is 26.0 Å². The molecule has 0 aliphatic carbocycles. The van der Waals surface area contributed by atoms with Crippen LogP contribution in [0.5, 0.6) is 0 Å². The number of sulfonamides is 1. The van der Waals surface area contributed by atoms with E-state index in [-0.39, 0.29) is 24.6 Å². The highest BCUT2D eigenvalue weighted by Crippen LogP contribution is 2.15. The Bertz CT molecular complexity index is 540. The van der Waals surface area contributed by atoms with Crippen molar-refractivity contribution in [2.75, 3.05) is 6.54 Å². The molecule has 0 aliphatic rings. The Morgan fingerprint density at radius 2 is 1.86 bits per heavy atom. The van der Waals surface area contributed by atoms with Gasteiger partial charge >= 0.3 is 5.97 Å². The third kappa shape index (κ3) is 7.82. The number of benzene rings is 1. The highest BCUT2D eigenvalue weighted by molar-refractivity contribution is 7.88. The van der Waals surface area contributed by atoms with Gasteiger partial charge in [0.25, 0.3) is 0 Å². The molecule has 0 unspecified atom stereocenters. The van der Waals surface area contributed by atoms with E-state index in [1.54, 1.807) is 24.3 Å². The van der Waals surface area contributed by atoms with Gasteiger partial charge in [-0.25, -0.2) is 13.1 Å². The van der Waals surface area contributed by atoms with E-state index < -0.39 is 16.0 Å². The molecule has 0 heterocycles. The number of aliphatic carboxylic acids is 1. The molecule has 6 heteroatoms. The molecule has 0 aromatic heterocycles. The third-order valence-electron chi connectivity index (χ3n) is 3.06. The second kappa shape index (κ2) is 8.14. The summed E-state index contributed by atoms with van der Waals surface area (Å²) in [5, 5.41) is 8.88. The first-order chi connectivity index (χ1) is 9.78. The zero-order chi connectivity index (χ0) is 15.9. The Kier molecular flexibility index (Phi) is 6.84. The minimum Gasteiger partial charge on any atom is -0.481 e. The molecular formula is C15H23NO4S. The van der Waals surface area contributed by atoms with Crippen LogP contribution in [0.2, 0.25) is 0 Å². The van der Waals surface area contributed by atoms with E-state index in [9.17, 15) is 13.2 Å². The molecule has 1 atom stereocenters. The molecule has 0 bridgehead atoms. The normalized spacial score (nSPS) is 13.3. The number of rotatable bonds is 9. The maximum Gasteiger partial charge on any atom is 0.303 e. The second-order valence-corrected chi connectivity index (χ2v) is 7.49. The van der Waals surface area contributed by atoms with E-state index in [0.717, 1.165) is 0 Å². The molecule has 2 N–H and O–H groups in total. The highest BCUT2D eigenvalue weighted by Gasteiger charge is 2.18. The molecule has 0 radical (unpaired) electrons. The summed E-state index contributed by atoms with van der Waals surface area (Å²) in [5.41, 5.74) is 0.712. The Hall–Kier alpha value is -1.40. The predicted molar refractivity (Wildman–Crippen MR) is 82.3 cm³/mol. The van der Waals surface area contributed by atoms with Crippen molar-refractivity contribution in [3.05, 3.63) is 35.9 Å². The number of carboxylic acid groups (broad SMARTS) is 1. The maximum absolute atomic E-state index is 12.0. The van der Waals surface area contributed by atoms with Gasteiger partial charge in [-0.2, -0.15) is 0 Å². The summed E-state index contributed by atoms with van der Waals surface area (Å²) in [5.74, 6) is -0.848. The van der Waals surface area contributed by atoms with Crippen molar-refractivity contribution >= 4 is 16.0 Å². The van der Waals surface area contributed by atoms with E-state index in [1.165, 1.54) is 0 Å². The quantitative estimate of drug-likeness (QED) is 0.732. The molecule has 1 rings (SSSR count). The second-order valence-electron chi connectivity index (χ2n) is 5.69. The van der Waals surface area contributed by atoms with Crippen molar-refractivity contribution in [3.63, 3.8) is 0 Å². The number of carbonyl (C=O) groups is 1. The fourth-order valence-corrected chi connectivity index (χ4v) is 3.46. The van der Waals surface area contributed by atoms with Crippen molar-refractivity contribution in [2.45, 2.75) is 32.4 Å². The first-order valence-corrected chi connectivity index (χ1v) is 8.67. The standard InChI is InChI=1S/C15H23NO4S/c1-12(2)8-14(9-15(17)18)10-16-21(19,20)11-13-6-4-3-5-7-13/h3-7,12,14,16H,8-11H2,1-2H3,(H,17,18)/t14-/m0/s1. The van der Waals surface area contributed by atoms with Gasteiger partial charge in [-0.15, -0.1) is 0 Å². The minimum atomic E-state index is -3.44. The minimum absolute atomic E-state index is 0.0218. The van der Waals surface area contributed by atoms with Gasteiger partial charge in [-0.3, -0.25) is 4.79 Å². The van der Waals surface area contributed by atoms with Crippen molar-refractivity contribution in [1.82, 2.24) is 4.72 Å². The van der Waals surface area contributed by atoms with Gasteiger partial charge < -0.3 is 5.11 Å². The van der Waals surface area contributed by atoms with Gasteiger partial charge in [0.05, 0.1) is 5.75 Å². The molecule has 0 amide bonds. The molecule has 118 valence electrons. The highest BCUT2D eigenvalue weighted by atomic mass is 32.2. The van der Waals surface area contributed by atoms with Gasteiger partial charge in [0.15, 0.2) is 0 Å². The molecule has 0 spiro atoms. The first-order valence-electron chi connectivity index (χ1n) is 7.01. The lowest BCUT2D eigenvalue weighted by Gasteiger charge is -2.17. The van der Waals surface area contributed by atoms with Gasteiger partial charge in [0.1, 0.15) is 0 Å². The Morgan fingerprint density at radius 1 is 1.24 bits per heavy atom. The summed E-state index contributed by atoms with van der Waals surface area (Å²) in [6, 6.07) is 8.91. The SMILES string of the molecule is CC(C)C[C@H](CNS(=O)(=O)Cc1ccccc1)CC(=O)O. The van der Waals surface area contributed by atoms with Crippen molar-refractivity contribution in [1.29, 1.82) is 0 Å². The molecule has 0 saturated carbocycles. The molecular weight excluding hydrogens is 290 g/mol. The average Bonchev–Trinajstić information content (AvgIpc) is 2.35. The fraction of sp³-hybridized carbons (Fsp3) is 0.533. The monoisotopic (exact) mass is 313 g/mol. The number of carboxylic acids is 1. The van der Waals surface area contributed by atoms with Gasteiger partial charge in [-0.05, 0) is 23.8 Å². The van der Waals surface area contributed by atoms with Crippen LogP contribution in [0.15, 0.2) is 30.3 Å². The third-order valence-corrected chi connectivity index (χ3v) is 4.38. The van der Waals surface area contributed by atoms with Crippen LogP contribution in [-0.2, 0) is 20.6 Å². The van der Waals surface area contributed by atoms with E-state index in [0.29, 0.717) is 17.9 Å². The van der Waals surface area contributed by atoms with Gasteiger partial charge in [-0.1, -0.05) is 44.2 Å². The van der Waals surface area contributed by atoms with E-state index >= 15 is 0 Å². The zero-order valence-corrected chi connectivity index (χ0v) is 13.3. The number of hydrogen-bond donors (Lipinski definition) is 2. The van der Waals surface area contributed by atoms with E-state index in [4.69, 9.17) is 5.11 Å². The summed E-state index contributed by atoms with van der Waals surface area (Å²) in [7, 11) is -3.44. The molecule has 21 heavy (non-hydrogen) atoms. The molecule has 0 fully saturated rings. The lowest BCUT2D eigenvalue weighted by Crippen LogP contribution is -2.32. The molecule has 1 aromatic carbocycles. The van der Waals surface area contributed by atoms with Crippen LogP contribution in [0.3, 0.4) is 0 Å². The van der Waals surface area contributed by atoms with Crippen LogP contribution in [0.1, 0.15) is 32.3 Å². The molecule has 0 aliphatic heterocycles. The first kappa shape index (κ1) is 17.7. The van der Waals surface area contributed by atoms with Gasteiger partial charge in [0.2, 0.25) is 10.0 Å². The van der Waals surface area contributed by atoms with Crippen molar-refractivity contribution in [2.24, 2.45) is 11.8 Å². The lowest BCUT2D eigenvalue weighted by molar-refractivity contribution is -0.138. The largest absolute Gasteiger partial charge is 0.481 e. The van der Waals surface area contributed by atoms with Crippen LogP contribution in [0.25, 0.3) is 0 Å². The summed E-state index contributed by atoms with van der Waals surface area (Å²) in [6.07, 6.45) is 0.659. The molecule has 0 saturated heterocycles. The Morgan fingerprint density at radius 3 is 2.38 bits per heavy atom. The van der Waals surface area contributed by atoms with Crippen LogP contribution < -0.4 is 4.72 Å². The van der Waals surface area contributed by atoms with Crippen LogP contribution >= 0.6 is 0 Å². The summed E-state index contributed by atoms with van der Waals surface area (Å²) >= 11 is 0. The molecule has 1 aromatic rings. The number of nitrogens with one attached hydrogen (secondary N) is 1. The maximum atomic E-state index is 12.0. The average molecular weight is 313 g/mol. The topological polar surface area (TPSA) is 83.5 Å². The van der Waals surface area contributed by atoms with Crippen LogP contribution in [0.4, 0.5) is 0 Å². The smallest absolute Gasteiger partial charge is 0.303 e.